The fourth-order valence-electron chi connectivity index (χ4n) is 2.03. The predicted molar refractivity (Wildman–Crippen MR) is 89.1 cm³/mol. The van der Waals surface area contributed by atoms with Gasteiger partial charge in [0.15, 0.2) is 0 Å². The number of ether oxygens (including phenoxy) is 1. The highest BCUT2D eigenvalue weighted by atomic mass is 79.9. The summed E-state index contributed by atoms with van der Waals surface area (Å²) in [5, 5.41) is 2.87. The summed E-state index contributed by atoms with van der Waals surface area (Å²) < 4.78 is 5.92. The zero-order valence-corrected chi connectivity index (χ0v) is 14.2. The van der Waals surface area contributed by atoms with E-state index in [-0.39, 0.29) is 10.9 Å². The maximum absolute atomic E-state index is 12.5. The van der Waals surface area contributed by atoms with Crippen molar-refractivity contribution in [1.29, 1.82) is 0 Å². The van der Waals surface area contributed by atoms with E-state index < -0.39 is 5.41 Å². The predicted octanol–water partition coefficient (Wildman–Crippen LogP) is 3.49. The number of nitrogens with two attached hydrogens (primary N) is 1. The third-order valence-corrected chi connectivity index (χ3v) is 4.53. The molecule has 0 radical (unpaired) electrons. The molecule has 0 bridgehead atoms. The number of rotatable bonds is 6. The van der Waals surface area contributed by atoms with Crippen LogP contribution in [0.15, 0.2) is 22.7 Å². The summed E-state index contributed by atoms with van der Waals surface area (Å²) in [4.78, 5) is 12.7. The van der Waals surface area contributed by atoms with Crippen LogP contribution in [0.1, 0.15) is 26.7 Å². The van der Waals surface area contributed by atoms with Crippen molar-refractivity contribution in [2.75, 3.05) is 12.4 Å². The van der Waals surface area contributed by atoms with Crippen LogP contribution in [0.4, 0.5) is 5.69 Å². The molecule has 3 N–H and O–H groups in total. The Bertz CT molecular complexity index is 516. The van der Waals surface area contributed by atoms with E-state index in [1.807, 2.05) is 13.8 Å². The molecule has 1 amide bonds. The van der Waals surface area contributed by atoms with Gasteiger partial charge in [-0.15, -0.1) is 0 Å². The van der Waals surface area contributed by atoms with Gasteiger partial charge >= 0.3 is 0 Å². The fraction of sp³-hybridized carbons (Fsp3) is 0.429. The second-order valence-corrected chi connectivity index (χ2v) is 5.75. The van der Waals surface area contributed by atoms with Gasteiger partial charge in [-0.25, -0.2) is 0 Å². The molecule has 0 aliphatic heterocycles. The van der Waals surface area contributed by atoms with Crippen molar-refractivity contribution in [1.82, 2.24) is 0 Å². The highest BCUT2D eigenvalue weighted by Crippen LogP contribution is 2.31. The van der Waals surface area contributed by atoms with Gasteiger partial charge < -0.3 is 15.8 Å². The van der Waals surface area contributed by atoms with Crippen LogP contribution in [-0.4, -0.2) is 18.0 Å². The van der Waals surface area contributed by atoms with Gasteiger partial charge in [0.1, 0.15) is 5.75 Å². The molecular formula is C14H19BrN2O2S. The van der Waals surface area contributed by atoms with E-state index in [4.69, 9.17) is 22.7 Å². The van der Waals surface area contributed by atoms with Crippen molar-refractivity contribution in [3.8, 4) is 5.75 Å². The molecule has 110 valence electrons. The van der Waals surface area contributed by atoms with Gasteiger partial charge in [-0.05, 0) is 47.0 Å². The smallest absolute Gasteiger partial charge is 0.237 e. The molecule has 1 rings (SSSR count). The summed E-state index contributed by atoms with van der Waals surface area (Å²) in [5.41, 5.74) is 5.63. The van der Waals surface area contributed by atoms with Crippen LogP contribution < -0.4 is 15.8 Å². The minimum absolute atomic E-state index is 0.174. The number of thiocarbonyl (C=S) groups is 1. The van der Waals surface area contributed by atoms with Gasteiger partial charge in [0.25, 0.3) is 0 Å². The molecule has 1 aromatic rings. The van der Waals surface area contributed by atoms with E-state index in [9.17, 15) is 4.79 Å². The van der Waals surface area contributed by atoms with Gasteiger partial charge in [0.05, 0.1) is 22.0 Å². The molecule has 0 unspecified atom stereocenters. The van der Waals surface area contributed by atoms with E-state index in [0.717, 1.165) is 4.47 Å². The SMILES string of the molecule is CCC(CC)(C(=O)Nc1ccc(OC)c(Br)c1)C(N)=S. The van der Waals surface area contributed by atoms with Crippen molar-refractivity contribution in [3.63, 3.8) is 0 Å². The molecule has 0 atom stereocenters. The third-order valence-electron chi connectivity index (χ3n) is 3.52. The summed E-state index contributed by atoms with van der Waals surface area (Å²) in [6, 6.07) is 5.34. The van der Waals surface area contributed by atoms with Crippen molar-refractivity contribution in [2.24, 2.45) is 11.1 Å². The number of halogens is 1. The van der Waals surface area contributed by atoms with E-state index in [1.54, 1.807) is 25.3 Å². The number of hydrogen-bond acceptors (Lipinski definition) is 3. The summed E-state index contributed by atoms with van der Waals surface area (Å²) >= 11 is 8.46. The van der Waals surface area contributed by atoms with E-state index in [0.29, 0.717) is 24.3 Å². The fourth-order valence-corrected chi connectivity index (χ4v) is 2.95. The Kier molecular flexibility index (Phi) is 5.95. The Morgan fingerprint density at radius 2 is 2.05 bits per heavy atom. The number of carbonyl (C=O) groups excluding carboxylic acids is 1. The zero-order valence-electron chi connectivity index (χ0n) is 11.8. The molecule has 4 nitrogen and oxygen atoms in total. The summed E-state index contributed by atoms with van der Waals surface area (Å²) in [7, 11) is 1.59. The van der Waals surface area contributed by atoms with Crippen LogP contribution in [0, 0.1) is 5.41 Å². The lowest BCUT2D eigenvalue weighted by atomic mass is 9.81. The minimum atomic E-state index is -0.804. The van der Waals surface area contributed by atoms with Crippen molar-refractivity contribution in [3.05, 3.63) is 22.7 Å². The Labute approximate surface area is 133 Å². The average Bonchev–Trinajstić information content (AvgIpc) is 2.40. The summed E-state index contributed by atoms with van der Waals surface area (Å²) in [5.74, 6) is 0.529. The van der Waals surface area contributed by atoms with Gasteiger partial charge in [-0.1, -0.05) is 26.1 Å². The Balaban J connectivity index is 3.00. The molecule has 0 saturated heterocycles. The zero-order chi connectivity index (χ0) is 15.3. The van der Waals surface area contributed by atoms with Crippen LogP contribution in [0.3, 0.4) is 0 Å². The third kappa shape index (κ3) is 3.30. The van der Waals surface area contributed by atoms with Gasteiger partial charge in [-0.3, -0.25) is 4.79 Å². The second kappa shape index (κ2) is 7.04. The lowest BCUT2D eigenvalue weighted by Gasteiger charge is -2.29. The molecule has 6 heteroatoms. The maximum atomic E-state index is 12.5. The minimum Gasteiger partial charge on any atom is -0.496 e. The monoisotopic (exact) mass is 358 g/mol. The molecule has 0 aliphatic rings. The van der Waals surface area contributed by atoms with E-state index in [1.165, 1.54) is 0 Å². The lowest BCUT2D eigenvalue weighted by molar-refractivity contribution is -0.122. The highest BCUT2D eigenvalue weighted by molar-refractivity contribution is 9.10. The first-order chi connectivity index (χ1) is 9.41. The highest BCUT2D eigenvalue weighted by Gasteiger charge is 2.38. The standard InChI is InChI=1S/C14H19BrN2O2S/c1-4-14(5-2,12(16)20)13(18)17-9-6-7-11(19-3)10(15)8-9/h6-8H,4-5H2,1-3H3,(H2,16,20)(H,17,18). The number of amides is 1. The number of benzene rings is 1. The van der Waals surface area contributed by atoms with Crippen LogP contribution in [0.25, 0.3) is 0 Å². The molecule has 0 aliphatic carbocycles. The largest absolute Gasteiger partial charge is 0.496 e. The van der Waals surface area contributed by atoms with Crippen molar-refractivity contribution < 1.29 is 9.53 Å². The Morgan fingerprint density at radius 3 is 2.45 bits per heavy atom. The molecule has 0 saturated carbocycles. The quantitative estimate of drug-likeness (QED) is 0.764. The Hall–Kier alpha value is -1.14. The van der Waals surface area contributed by atoms with Gasteiger partial charge in [0.2, 0.25) is 5.91 Å². The molecule has 1 aromatic carbocycles. The van der Waals surface area contributed by atoms with Crippen molar-refractivity contribution in [2.45, 2.75) is 26.7 Å². The van der Waals surface area contributed by atoms with Crippen LogP contribution in [0.2, 0.25) is 0 Å². The van der Waals surface area contributed by atoms with Crippen LogP contribution >= 0.6 is 28.1 Å². The Morgan fingerprint density at radius 1 is 1.45 bits per heavy atom. The van der Waals surface area contributed by atoms with Gasteiger partial charge in [-0.2, -0.15) is 0 Å². The number of hydrogen-bond donors (Lipinski definition) is 2. The first kappa shape index (κ1) is 16.9. The number of anilines is 1. The average molecular weight is 359 g/mol. The molecular weight excluding hydrogens is 340 g/mol. The first-order valence-electron chi connectivity index (χ1n) is 6.36. The number of nitrogens with one attached hydrogen (secondary N) is 1. The number of methoxy groups -OCH3 is 1. The molecule has 0 heterocycles. The molecule has 20 heavy (non-hydrogen) atoms. The summed E-state index contributed by atoms with van der Waals surface area (Å²) in [6.45, 7) is 3.82. The van der Waals surface area contributed by atoms with E-state index in [2.05, 4.69) is 21.2 Å². The molecule has 0 fully saturated rings. The number of carbonyl (C=O) groups is 1. The van der Waals surface area contributed by atoms with Crippen molar-refractivity contribution >= 4 is 44.7 Å². The first-order valence-corrected chi connectivity index (χ1v) is 7.56. The summed E-state index contributed by atoms with van der Waals surface area (Å²) in [6.07, 6.45) is 1.14. The second-order valence-electron chi connectivity index (χ2n) is 4.46. The lowest BCUT2D eigenvalue weighted by Crippen LogP contribution is -2.45. The van der Waals surface area contributed by atoms with Crippen LogP contribution in [0.5, 0.6) is 5.75 Å². The van der Waals surface area contributed by atoms with Crippen LogP contribution in [-0.2, 0) is 4.79 Å². The maximum Gasteiger partial charge on any atom is 0.237 e. The van der Waals surface area contributed by atoms with Gasteiger partial charge in [0, 0.05) is 5.69 Å². The molecule has 0 spiro atoms. The normalized spacial score (nSPS) is 11.0. The molecule has 0 aromatic heterocycles. The van der Waals surface area contributed by atoms with E-state index >= 15 is 0 Å². The topological polar surface area (TPSA) is 64.3 Å².